The van der Waals surface area contributed by atoms with E-state index >= 15 is 0 Å². The number of benzene rings is 3. The Hall–Kier alpha value is -2.55. The van der Waals surface area contributed by atoms with E-state index in [1.807, 2.05) is 48.7 Å². The first-order valence-electron chi connectivity index (χ1n) is 10.8. The van der Waals surface area contributed by atoms with Crippen LogP contribution in [-0.2, 0) is 16.0 Å². The molecule has 0 saturated carbocycles. The number of hydrogen-bond acceptors (Lipinski definition) is 5. The quantitative estimate of drug-likeness (QED) is 0.208. The van der Waals surface area contributed by atoms with Crippen molar-refractivity contribution in [2.24, 2.45) is 0 Å². The highest BCUT2D eigenvalue weighted by Crippen LogP contribution is 2.33. The molecule has 2 N–H and O–H groups in total. The molecule has 4 aromatic rings. The van der Waals surface area contributed by atoms with Gasteiger partial charge in [0.1, 0.15) is 0 Å². The number of thiazole rings is 1. The van der Waals surface area contributed by atoms with E-state index in [2.05, 4.69) is 15.6 Å². The fourth-order valence-corrected chi connectivity index (χ4v) is 5.53. The topological polar surface area (TPSA) is 71.1 Å². The van der Waals surface area contributed by atoms with Crippen LogP contribution >= 0.6 is 57.9 Å². The van der Waals surface area contributed by atoms with Gasteiger partial charge in [-0.2, -0.15) is 0 Å². The third-order valence-electron chi connectivity index (χ3n) is 5.02. The van der Waals surface area contributed by atoms with Crippen molar-refractivity contribution in [3.63, 3.8) is 0 Å². The van der Waals surface area contributed by atoms with E-state index in [0.29, 0.717) is 31.6 Å². The summed E-state index contributed by atoms with van der Waals surface area (Å²) < 4.78 is 0. The molecule has 1 unspecified atom stereocenters. The van der Waals surface area contributed by atoms with E-state index in [0.717, 1.165) is 16.0 Å². The van der Waals surface area contributed by atoms with Gasteiger partial charge in [-0.05, 0) is 61.0 Å². The summed E-state index contributed by atoms with van der Waals surface area (Å²) in [5, 5.41) is 9.35. The van der Waals surface area contributed by atoms with Crippen molar-refractivity contribution in [1.29, 1.82) is 0 Å². The van der Waals surface area contributed by atoms with Crippen LogP contribution in [0.15, 0.2) is 77.0 Å². The Kier molecular flexibility index (Phi) is 8.93. The number of carbonyl (C=O) groups excluding carboxylic acids is 2. The van der Waals surface area contributed by atoms with E-state index in [1.165, 1.54) is 23.1 Å². The molecular formula is C26H20Cl3N3O2S2. The highest BCUT2D eigenvalue weighted by atomic mass is 35.5. The van der Waals surface area contributed by atoms with Gasteiger partial charge in [-0.1, -0.05) is 53.0 Å². The summed E-state index contributed by atoms with van der Waals surface area (Å²) in [5.41, 5.74) is 2.95. The molecule has 0 aliphatic carbocycles. The fraction of sp³-hybridized carbons (Fsp3) is 0.115. The van der Waals surface area contributed by atoms with Crippen LogP contribution in [-0.4, -0.2) is 22.0 Å². The zero-order chi connectivity index (χ0) is 25.7. The van der Waals surface area contributed by atoms with Crippen molar-refractivity contribution in [2.75, 3.05) is 10.6 Å². The maximum Gasteiger partial charge on any atom is 0.239 e. The van der Waals surface area contributed by atoms with Crippen LogP contribution in [0.1, 0.15) is 12.5 Å². The van der Waals surface area contributed by atoms with Crippen LogP contribution in [0.2, 0.25) is 15.1 Å². The first-order chi connectivity index (χ1) is 17.3. The smallest absolute Gasteiger partial charge is 0.239 e. The molecule has 0 bridgehead atoms. The first kappa shape index (κ1) is 26.5. The normalized spacial score (nSPS) is 11.7. The number of halogens is 3. The third-order valence-corrected chi connectivity index (χ3v) is 7.67. The molecule has 0 fully saturated rings. The van der Waals surface area contributed by atoms with Gasteiger partial charge in [-0.3, -0.25) is 9.59 Å². The number of carbonyl (C=O) groups is 2. The minimum atomic E-state index is -0.392. The van der Waals surface area contributed by atoms with Crippen molar-refractivity contribution in [2.45, 2.75) is 23.5 Å². The number of thioether (sulfide) groups is 1. The Morgan fingerprint density at radius 1 is 0.972 bits per heavy atom. The summed E-state index contributed by atoms with van der Waals surface area (Å²) >= 11 is 20.8. The maximum absolute atomic E-state index is 12.8. The summed E-state index contributed by atoms with van der Waals surface area (Å²) in [6.45, 7) is 1.82. The first-order valence-corrected chi connectivity index (χ1v) is 13.7. The van der Waals surface area contributed by atoms with Gasteiger partial charge in [0.25, 0.3) is 0 Å². The average Bonchev–Trinajstić information content (AvgIpc) is 3.28. The lowest BCUT2D eigenvalue weighted by molar-refractivity contribution is -0.116. The van der Waals surface area contributed by atoms with Gasteiger partial charge in [0, 0.05) is 31.6 Å². The molecule has 0 aliphatic heterocycles. The van der Waals surface area contributed by atoms with Crippen molar-refractivity contribution < 1.29 is 9.59 Å². The third kappa shape index (κ3) is 7.24. The molecular weight excluding hydrogens is 557 g/mol. The van der Waals surface area contributed by atoms with Crippen LogP contribution in [0.5, 0.6) is 0 Å². The lowest BCUT2D eigenvalue weighted by atomic mass is 10.1. The highest BCUT2D eigenvalue weighted by Gasteiger charge is 2.17. The van der Waals surface area contributed by atoms with Gasteiger partial charge < -0.3 is 10.6 Å². The number of aromatic nitrogens is 1. The SMILES string of the molecule is CC(Sc1cccc(NC(=O)Cc2ccc(Cl)cc2)c1)C(=O)Nc1nc(-c2ccc(Cl)cc2Cl)cs1. The largest absolute Gasteiger partial charge is 0.326 e. The summed E-state index contributed by atoms with van der Waals surface area (Å²) in [4.78, 5) is 30.5. The molecule has 1 aromatic heterocycles. The van der Waals surface area contributed by atoms with Crippen molar-refractivity contribution in [1.82, 2.24) is 4.98 Å². The van der Waals surface area contributed by atoms with Crippen molar-refractivity contribution >= 4 is 80.5 Å². The predicted molar refractivity (Wildman–Crippen MR) is 152 cm³/mol. The minimum Gasteiger partial charge on any atom is -0.326 e. The molecule has 0 aliphatic rings. The lowest BCUT2D eigenvalue weighted by Crippen LogP contribution is -2.22. The summed E-state index contributed by atoms with van der Waals surface area (Å²) in [6, 6.07) is 19.8. The van der Waals surface area contributed by atoms with E-state index in [4.69, 9.17) is 34.8 Å². The molecule has 4 rings (SSSR count). The Morgan fingerprint density at radius 3 is 2.47 bits per heavy atom. The van der Waals surface area contributed by atoms with Crippen molar-refractivity contribution in [3.05, 3.63) is 92.7 Å². The molecule has 184 valence electrons. The molecule has 3 aromatic carbocycles. The summed E-state index contributed by atoms with van der Waals surface area (Å²) in [7, 11) is 0. The summed E-state index contributed by atoms with van der Waals surface area (Å²) in [6.07, 6.45) is 0.240. The predicted octanol–water partition coefficient (Wildman–Crippen LogP) is 8.07. The number of hydrogen-bond donors (Lipinski definition) is 2. The maximum atomic E-state index is 12.8. The second-order valence-electron chi connectivity index (χ2n) is 7.79. The number of amides is 2. The van der Waals surface area contributed by atoms with E-state index in [9.17, 15) is 9.59 Å². The van der Waals surface area contributed by atoms with Crippen molar-refractivity contribution in [3.8, 4) is 11.3 Å². The molecule has 0 spiro atoms. The standard InChI is InChI=1S/C26H20Cl3N3O2S2/c1-15(25(34)32-26-31-23(14-35-26)21-10-9-18(28)12-22(21)29)36-20-4-2-3-19(13-20)30-24(33)11-16-5-7-17(27)8-6-16/h2-10,12-15H,11H2,1H3,(H,30,33)(H,31,32,34). The minimum absolute atomic E-state index is 0.134. The molecule has 0 saturated heterocycles. The van der Waals surface area contributed by atoms with Crippen LogP contribution < -0.4 is 10.6 Å². The second kappa shape index (κ2) is 12.1. The molecule has 10 heteroatoms. The molecule has 36 heavy (non-hydrogen) atoms. The monoisotopic (exact) mass is 575 g/mol. The van der Waals surface area contributed by atoms with E-state index in [1.54, 1.807) is 30.3 Å². The van der Waals surface area contributed by atoms with Crippen LogP contribution in [0.3, 0.4) is 0 Å². The molecule has 2 amide bonds. The zero-order valence-corrected chi connectivity index (χ0v) is 22.8. The second-order valence-corrected chi connectivity index (χ2v) is 11.3. The summed E-state index contributed by atoms with van der Waals surface area (Å²) in [5.74, 6) is -0.314. The Bertz CT molecular complexity index is 1390. The number of nitrogens with one attached hydrogen (secondary N) is 2. The zero-order valence-electron chi connectivity index (χ0n) is 18.9. The molecule has 5 nitrogen and oxygen atoms in total. The Balaban J connectivity index is 1.33. The highest BCUT2D eigenvalue weighted by molar-refractivity contribution is 8.00. The van der Waals surface area contributed by atoms with Gasteiger partial charge in [0.2, 0.25) is 11.8 Å². The molecule has 1 heterocycles. The van der Waals surface area contributed by atoms with E-state index in [-0.39, 0.29) is 18.2 Å². The van der Waals surface area contributed by atoms with Gasteiger partial charge in [-0.15, -0.1) is 23.1 Å². The van der Waals surface area contributed by atoms with Crippen LogP contribution in [0.25, 0.3) is 11.3 Å². The van der Waals surface area contributed by atoms with E-state index < -0.39 is 5.25 Å². The number of nitrogens with zero attached hydrogens (tertiary/aromatic N) is 1. The van der Waals surface area contributed by atoms with Crippen LogP contribution in [0.4, 0.5) is 10.8 Å². The van der Waals surface area contributed by atoms with Gasteiger partial charge in [-0.25, -0.2) is 4.98 Å². The average molecular weight is 577 g/mol. The molecule has 1 atom stereocenters. The number of rotatable bonds is 8. The number of anilines is 2. The van der Waals surface area contributed by atoms with Crippen LogP contribution in [0, 0.1) is 0 Å². The fourth-order valence-electron chi connectivity index (χ4n) is 3.26. The van der Waals surface area contributed by atoms with Gasteiger partial charge in [0.05, 0.1) is 22.4 Å². The Labute approximate surface area is 232 Å². The lowest BCUT2D eigenvalue weighted by Gasteiger charge is -2.12. The van der Waals surface area contributed by atoms with Gasteiger partial charge >= 0.3 is 0 Å². The Morgan fingerprint density at radius 2 is 1.72 bits per heavy atom. The molecule has 0 radical (unpaired) electrons. The van der Waals surface area contributed by atoms with Gasteiger partial charge in [0.15, 0.2) is 5.13 Å².